The molecule has 0 rings (SSSR count). The Labute approximate surface area is 351 Å². The van der Waals surface area contributed by atoms with Crippen molar-refractivity contribution in [2.24, 2.45) is 0 Å². The summed E-state index contributed by atoms with van der Waals surface area (Å²) in [6.45, 7) is 8.13. The average Bonchev–Trinajstić information content (AvgIpc) is 3.05. The fourth-order valence-corrected chi connectivity index (χ4v) is 6.53. The molecule has 1 atom stereocenters. The second-order valence-corrected chi connectivity index (χ2v) is 17.0. The number of halogens is 1. The zero-order valence-electron chi connectivity index (χ0n) is 34.4. The van der Waals surface area contributed by atoms with Crippen LogP contribution in [0.3, 0.4) is 0 Å². The molecule has 0 fully saturated rings. The SMILES string of the molecule is CCCCCCCCCCCCCCCCCC[N+](C)(C)C.CCCCCCCCOC(=O)CC(C(=O)OCCCCCCCC)S(=O)(=O)O.Cl.[NaH]. The van der Waals surface area contributed by atoms with Gasteiger partial charge in [0.15, 0.2) is 5.25 Å². The van der Waals surface area contributed by atoms with Crippen molar-refractivity contribution in [3.8, 4) is 0 Å². The summed E-state index contributed by atoms with van der Waals surface area (Å²) in [6, 6.07) is 0. The van der Waals surface area contributed by atoms with E-state index < -0.39 is 33.7 Å². The molecule has 1 N–H and O–H groups in total. The van der Waals surface area contributed by atoms with Gasteiger partial charge in [0, 0.05) is 0 Å². The second-order valence-electron chi connectivity index (χ2n) is 15.4. The van der Waals surface area contributed by atoms with Crippen LogP contribution < -0.4 is 0 Å². The van der Waals surface area contributed by atoms with Crippen LogP contribution in [0, 0.1) is 0 Å². The molecular formula is C41H86ClNNaO7S+. The van der Waals surface area contributed by atoms with Gasteiger partial charge >= 0.3 is 41.5 Å². The van der Waals surface area contributed by atoms with E-state index in [1.807, 2.05) is 0 Å². The maximum absolute atomic E-state index is 12.0. The molecule has 0 radical (unpaired) electrons. The molecule has 1 unspecified atom stereocenters. The summed E-state index contributed by atoms with van der Waals surface area (Å²) in [6.07, 6.45) is 34.7. The van der Waals surface area contributed by atoms with E-state index in [-0.39, 0.29) is 55.2 Å². The van der Waals surface area contributed by atoms with E-state index in [4.69, 9.17) is 9.47 Å². The van der Waals surface area contributed by atoms with Gasteiger partial charge in [-0.25, -0.2) is 0 Å². The van der Waals surface area contributed by atoms with E-state index in [9.17, 15) is 22.6 Å². The van der Waals surface area contributed by atoms with Gasteiger partial charge < -0.3 is 14.0 Å². The molecule has 0 aromatic rings. The molecule has 0 spiro atoms. The van der Waals surface area contributed by atoms with Crippen LogP contribution in [-0.4, -0.2) is 105 Å². The van der Waals surface area contributed by atoms with Crippen molar-refractivity contribution in [2.75, 3.05) is 40.9 Å². The van der Waals surface area contributed by atoms with Gasteiger partial charge in [-0.15, -0.1) is 12.4 Å². The molecule has 0 aliphatic rings. The van der Waals surface area contributed by atoms with E-state index in [0.29, 0.717) is 12.8 Å². The van der Waals surface area contributed by atoms with Crippen LogP contribution in [-0.2, 0) is 29.2 Å². The summed E-state index contributed by atoms with van der Waals surface area (Å²) in [5.41, 5.74) is 0. The number of unbranched alkanes of at least 4 members (excludes halogenated alkanes) is 25. The predicted octanol–water partition coefficient (Wildman–Crippen LogP) is 11.2. The van der Waals surface area contributed by atoms with Crippen LogP contribution >= 0.6 is 12.4 Å². The van der Waals surface area contributed by atoms with Crippen LogP contribution in [0.4, 0.5) is 0 Å². The Hall–Kier alpha value is 0.1000. The first kappa shape index (κ1) is 58.8. The number of rotatable bonds is 35. The van der Waals surface area contributed by atoms with Gasteiger partial charge in [-0.2, -0.15) is 8.42 Å². The van der Waals surface area contributed by atoms with Gasteiger partial charge in [-0.05, 0) is 25.7 Å². The van der Waals surface area contributed by atoms with Gasteiger partial charge in [-0.1, -0.05) is 175 Å². The summed E-state index contributed by atoms with van der Waals surface area (Å²) in [7, 11) is 2.16. The minimum atomic E-state index is -4.73. The fraction of sp³-hybridized carbons (Fsp3) is 0.951. The predicted molar refractivity (Wildman–Crippen MR) is 225 cm³/mol. The summed E-state index contributed by atoms with van der Waals surface area (Å²) in [4.78, 5) is 23.8. The quantitative estimate of drug-likeness (QED) is 0.0224. The summed E-state index contributed by atoms with van der Waals surface area (Å²) < 4.78 is 43.2. The Bertz CT molecular complexity index is 872. The van der Waals surface area contributed by atoms with Gasteiger partial charge in [0.2, 0.25) is 0 Å². The van der Waals surface area contributed by atoms with Gasteiger partial charge in [0.05, 0.1) is 47.3 Å². The molecule has 11 heteroatoms. The third-order valence-electron chi connectivity index (χ3n) is 9.16. The number of nitrogens with zero attached hydrogens (tertiary/aromatic N) is 1. The number of ether oxygens (including phenoxy) is 2. The normalized spacial score (nSPS) is 11.8. The molecule has 0 aliphatic heterocycles. The summed E-state index contributed by atoms with van der Waals surface area (Å²) in [5, 5.41) is -1.93. The Balaban J connectivity index is -0.000000438. The fourth-order valence-electron chi connectivity index (χ4n) is 5.87. The molecule has 0 aromatic carbocycles. The molecule has 310 valence electrons. The number of quaternary nitrogens is 1. The van der Waals surface area contributed by atoms with Crippen LogP contribution in [0.5, 0.6) is 0 Å². The molecule has 0 amide bonds. The first-order chi connectivity index (χ1) is 23.9. The number of esters is 2. The van der Waals surface area contributed by atoms with Crippen LogP contribution in [0.1, 0.15) is 207 Å². The van der Waals surface area contributed by atoms with Crippen molar-refractivity contribution in [3.05, 3.63) is 0 Å². The topological polar surface area (TPSA) is 107 Å². The summed E-state index contributed by atoms with van der Waals surface area (Å²) >= 11 is 0. The Morgan fingerprint density at radius 3 is 1.12 bits per heavy atom. The van der Waals surface area contributed by atoms with Crippen LogP contribution in [0.25, 0.3) is 0 Å². The van der Waals surface area contributed by atoms with E-state index in [2.05, 4.69) is 41.9 Å². The van der Waals surface area contributed by atoms with Crippen LogP contribution in [0.15, 0.2) is 0 Å². The Kier molecular flexibility index (Phi) is 47.8. The number of carbonyl (C=O) groups excluding carboxylic acids is 2. The maximum atomic E-state index is 12.0. The van der Waals surface area contributed by atoms with Crippen molar-refractivity contribution in [1.82, 2.24) is 0 Å². The first-order valence-corrected chi connectivity index (χ1v) is 22.5. The molecule has 0 bridgehead atoms. The van der Waals surface area contributed by atoms with Crippen LogP contribution in [0.2, 0.25) is 0 Å². The zero-order valence-corrected chi connectivity index (χ0v) is 36.0. The number of hydrogen-bond donors (Lipinski definition) is 1. The Morgan fingerprint density at radius 1 is 0.519 bits per heavy atom. The molecule has 8 nitrogen and oxygen atoms in total. The molecular weight excluding hydrogens is 709 g/mol. The van der Waals surface area contributed by atoms with Crippen molar-refractivity contribution >= 4 is 64.0 Å². The first-order valence-electron chi connectivity index (χ1n) is 21.0. The van der Waals surface area contributed by atoms with E-state index in [0.717, 1.165) is 62.3 Å². The molecule has 0 heterocycles. The monoisotopic (exact) mass is 795 g/mol. The second kappa shape index (κ2) is 42.2. The molecule has 0 aliphatic carbocycles. The standard InChI is InChI=1S/C21H46N.C20H38O7S.ClH.Na.H/c1-5-6-7-8-9-10-11-12-13-14-15-16-17-18-19-20-21-22(2,3)4;1-3-5-7-9-11-13-15-26-19(21)17-18(28(23,24)25)20(22)27-16-14-12-10-8-6-4-2;;;/h5-21H2,1-4H3;18H,3-17H2,1-2H3,(H,23,24,25);1H;;/q+1;;;;. The van der Waals surface area contributed by atoms with Gasteiger partial charge in [-0.3, -0.25) is 14.1 Å². The molecule has 0 saturated carbocycles. The third kappa shape index (κ3) is 46.3. The van der Waals surface area contributed by atoms with Crippen molar-refractivity contribution in [3.63, 3.8) is 0 Å². The number of carbonyl (C=O) groups is 2. The Morgan fingerprint density at radius 2 is 0.808 bits per heavy atom. The average molecular weight is 796 g/mol. The molecule has 0 aromatic heterocycles. The minimum absolute atomic E-state index is 0. The number of hydrogen-bond acceptors (Lipinski definition) is 6. The molecule has 0 saturated heterocycles. The molecule has 52 heavy (non-hydrogen) atoms. The van der Waals surface area contributed by atoms with Gasteiger partial charge in [0.1, 0.15) is 0 Å². The van der Waals surface area contributed by atoms with E-state index in [1.165, 1.54) is 116 Å². The van der Waals surface area contributed by atoms with E-state index >= 15 is 0 Å². The third-order valence-corrected chi connectivity index (χ3v) is 10.2. The zero-order chi connectivity index (χ0) is 37.8. The van der Waals surface area contributed by atoms with Crippen molar-refractivity contribution < 1.29 is 36.5 Å². The van der Waals surface area contributed by atoms with Gasteiger partial charge in [0.25, 0.3) is 10.1 Å². The van der Waals surface area contributed by atoms with E-state index in [1.54, 1.807) is 0 Å². The summed E-state index contributed by atoms with van der Waals surface area (Å²) in [5.74, 6) is -1.93. The van der Waals surface area contributed by atoms with Crippen molar-refractivity contribution in [1.29, 1.82) is 0 Å². The van der Waals surface area contributed by atoms with Crippen molar-refractivity contribution in [2.45, 2.75) is 212 Å².